The van der Waals surface area contributed by atoms with E-state index in [1.165, 1.54) is 5.56 Å². The summed E-state index contributed by atoms with van der Waals surface area (Å²) in [6, 6.07) is 10.3. The molecule has 0 fully saturated rings. The van der Waals surface area contributed by atoms with Gasteiger partial charge in [0.15, 0.2) is 0 Å². The topological polar surface area (TPSA) is 37.8 Å². The maximum atomic E-state index is 4.44. The SMILES string of the molecule is CNc1cc(-c2cccc(C)c2)nc(C)n1. The molecule has 0 saturated carbocycles. The standard InChI is InChI=1S/C13H15N3/c1-9-5-4-6-11(7-9)12-8-13(14-3)16-10(2)15-12/h4-8H,1-3H3,(H,14,15,16). The Hall–Kier alpha value is -1.90. The van der Waals surface area contributed by atoms with Crippen molar-refractivity contribution in [1.82, 2.24) is 9.97 Å². The molecular formula is C13H15N3. The van der Waals surface area contributed by atoms with E-state index in [4.69, 9.17) is 0 Å². The van der Waals surface area contributed by atoms with Gasteiger partial charge in [0.1, 0.15) is 11.6 Å². The lowest BCUT2D eigenvalue weighted by atomic mass is 10.1. The maximum absolute atomic E-state index is 4.44. The Morgan fingerprint density at radius 1 is 1.06 bits per heavy atom. The number of aryl methyl sites for hydroxylation is 2. The largest absolute Gasteiger partial charge is 0.373 e. The van der Waals surface area contributed by atoms with Gasteiger partial charge in [-0.25, -0.2) is 9.97 Å². The Kier molecular flexibility index (Phi) is 2.86. The first-order chi connectivity index (χ1) is 7.69. The molecule has 0 spiro atoms. The molecule has 1 aromatic heterocycles. The van der Waals surface area contributed by atoms with Gasteiger partial charge >= 0.3 is 0 Å². The van der Waals surface area contributed by atoms with Crippen LogP contribution in [0.15, 0.2) is 30.3 Å². The van der Waals surface area contributed by atoms with Crippen LogP contribution in [0.4, 0.5) is 5.82 Å². The minimum atomic E-state index is 0.781. The lowest BCUT2D eigenvalue weighted by molar-refractivity contribution is 1.06. The number of benzene rings is 1. The molecule has 0 saturated heterocycles. The highest BCUT2D eigenvalue weighted by Gasteiger charge is 2.03. The Morgan fingerprint density at radius 3 is 2.56 bits per heavy atom. The van der Waals surface area contributed by atoms with Gasteiger partial charge in [-0.15, -0.1) is 0 Å². The van der Waals surface area contributed by atoms with Gasteiger partial charge in [-0.1, -0.05) is 23.8 Å². The molecule has 0 amide bonds. The molecule has 0 atom stereocenters. The number of hydrogen-bond donors (Lipinski definition) is 1. The molecule has 0 aliphatic heterocycles. The molecule has 16 heavy (non-hydrogen) atoms. The zero-order chi connectivity index (χ0) is 11.5. The third kappa shape index (κ3) is 2.19. The zero-order valence-electron chi connectivity index (χ0n) is 9.78. The third-order valence-electron chi connectivity index (χ3n) is 2.41. The molecule has 1 N–H and O–H groups in total. The minimum Gasteiger partial charge on any atom is -0.373 e. The molecule has 0 aliphatic rings. The third-order valence-corrected chi connectivity index (χ3v) is 2.41. The Bertz CT molecular complexity index is 506. The number of hydrogen-bond acceptors (Lipinski definition) is 3. The van der Waals surface area contributed by atoms with E-state index in [0.717, 1.165) is 22.9 Å². The van der Waals surface area contributed by atoms with Gasteiger partial charge in [0, 0.05) is 18.7 Å². The van der Waals surface area contributed by atoms with Gasteiger partial charge in [-0.05, 0) is 19.9 Å². The highest BCUT2D eigenvalue weighted by molar-refractivity contribution is 5.63. The normalized spacial score (nSPS) is 10.2. The summed E-state index contributed by atoms with van der Waals surface area (Å²) in [5.74, 6) is 1.63. The van der Waals surface area contributed by atoms with Crippen LogP contribution in [0.3, 0.4) is 0 Å². The van der Waals surface area contributed by atoms with Crippen molar-refractivity contribution in [2.45, 2.75) is 13.8 Å². The molecule has 0 unspecified atom stereocenters. The van der Waals surface area contributed by atoms with Crippen molar-refractivity contribution in [2.75, 3.05) is 12.4 Å². The number of anilines is 1. The van der Waals surface area contributed by atoms with Crippen LogP contribution < -0.4 is 5.32 Å². The number of nitrogens with zero attached hydrogens (tertiary/aromatic N) is 2. The molecule has 0 bridgehead atoms. The lowest BCUT2D eigenvalue weighted by Gasteiger charge is -2.06. The van der Waals surface area contributed by atoms with Crippen LogP contribution in [0.2, 0.25) is 0 Å². The van der Waals surface area contributed by atoms with Crippen LogP contribution in [0, 0.1) is 13.8 Å². The fourth-order valence-electron chi connectivity index (χ4n) is 1.65. The number of aromatic nitrogens is 2. The van der Waals surface area contributed by atoms with Crippen molar-refractivity contribution in [3.8, 4) is 11.3 Å². The van der Waals surface area contributed by atoms with Gasteiger partial charge in [0.25, 0.3) is 0 Å². The molecule has 82 valence electrons. The van der Waals surface area contributed by atoms with Gasteiger partial charge in [0.2, 0.25) is 0 Å². The van der Waals surface area contributed by atoms with Crippen molar-refractivity contribution >= 4 is 5.82 Å². The molecule has 0 aliphatic carbocycles. The molecule has 3 nitrogen and oxygen atoms in total. The monoisotopic (exact) mass is 213 g/mol. The molecule has 2 rings (SSSR count). The summed E-state index contributed by atoms with van der Waals surface area (Å²) < 4.78 is 0. The summed E-state index contributed by atoms with van der Waals surface area (Å²) in [5.41, 5.74) is 3.32. The Labute approximate surface area is 95.6 Å². The van der Waals surface area contributed by atoms with E-state index in [0.29, 0.717) is 0 Å². The minimum absolute atomic E-state index is 0.781. The second-order valence-corrected chi connectivity index (χ2v) is 3.81. The second-order valence-electron chi connectivity index (χ2n) is 3.81. The summed E-state index contributed by atoms with van der Waals surface area (Å²) in [5, 5.41) is 3.04. The van der Waals surface area contributed by atoms with Gasteiger partial charge < -0.3 is 5.32 Å². The van der Waals surface area contributed by atoms with Crippen LogP contribution >= 0.6 is 0 Å². The molecule has 1 heterocycles. The molecular weight excluding hydrogens is 198 g/mol. The fraction of sp³-hybridized carbons (Fsp3) is 0.231. The van der Waals surface area contributed by atoms with Gasteiger partial charge in [0.05, 0.1) is 5.69 Å². The first-order valence-electron chi connectivity index (χ1n) is 5.29. The van der Waals surface area contributed by atoms with Crippen molar-refractivity contribution in [3.63, 3.8) is 0 Å². The van der Waals surface area contributed by atoms with E-state index in [9.17, 15) is 0 Å². The van der Waals surface area contributed by atoms with Crippen LogP contribution in [-0.4, -0.2) is 17.0 Å². The first kappa shape index (κ1) is 10.6. The summed E-state index contributed by atoms with van der Waals surface area (Å²) >= 11 is 0. The zero-order valence-corrected chi connectivity index (χ0v) is 9.78. The molecule has 2 aromatic rings. The van der Waals surface area contributed by atoms with Crippen molar-refractivity contribution in [3.05, 3.63) is 41.7 Å². The van der Waals surface area contributed by atoms with Crippen molar-refractivity contribution < 1.29 is 0 Å². The summed E-state index contributed by atoms with van der Waals surface area (Å²) in [4.78, 5) is 8.72. The highest BCUT2D eigenvalue weighted by Crippen LogP contribution is 2.20. The van der Waals surface area contributed by atoms with E-state index in [1.807, 2.05) is 26.1 Å². The first-order valence-corrected chi connectivity index (χ1v) is 5.29. The van der Waals surface area contributed by atoms with Crippen LogP contribution in [0.5, 0.6) is 0 Å². The molecule has 1 aromatic carbocycles. The van der Waals surface area contributed by atoms with Crippen molar-refractivity contribution in [1.29, 1.82) is 0 Å². The summed E-state index contributed by atoms with van der Waals surface area (Å²) in [7, 11) is 1.86. The lowest BCUT2D eigenvalue weighted by Crippen LogP contribution is -1.98. The number of rotatable bonds is 2. The number of nitrogens with one attached hydrogen (secondary N) is 1. The van der Waals surface area contributed by atoms with Crippen molar-refractivity contribution in [2.24, 2.45) is 0 Å². The predicted molar refractivity (Wildman–Crippen MR) is 66.5 cm³/mol. The van der Waals surface area contributed by atoms with Gasteiger partial charge in [-0.3, -0.25) is 0 Å². The Morgan fingerprint density at radius 2 is 1.88 bits per heavy atom. The average Bonchev–Trinajstić information content (AvgIpc) is 2.28. The maximum Gasteiger partial charge on any atom is 0.130 e. The predicted octanol–water partition coefficient (Wildman–Crippen LogP) is 2.80. The van der Waals surface area contributed by atoms with E-state index in [1.54, 1.807) is 0 Å². The summed E-state index contributed by atoms with van der Waals surface area (Å²) in [6.45, 7) is 3.98. The quantitative estimate of drug-likeness (QED) is 0.833. The highest BCUT2D eigenvalue weighted by atomic mass is 15.0. The summed E-state index contributed by atoms with van der Waals surface area (Å²) in [6.07, 6.45) is 0. The second kappa shape index (κ2) is 4.31. The fourth-order valence-corrected chi connectivity index (χ4v) is 1.65. The molecule has 3 heteroatoms. The van der Waals surface area contributed by atoms with Crippen LogP contribution in [0.1, 0.15) is 11.4 Å². The molecule has 0 radical (unpaired) electrons. The van der Waals surface area contributed by atoms with E-state index < -0.39 is 0 Å². The van der Waals surface area contributed by atoms with Crippen LogP contribution in [-0.2, 0) is 0 Å². The van der Waals surface area contributed by atoms with Gasteiger partial charge in [-0.2, -0.15) is 0 Å². The van der Waals surface area contributed by atoms with E-state index >= 15 is 0 Å². The van der Waals surface area contributed by atoms with E-state index in [2.05, 4.69) is 40.4 Å². The smallest absolute Gasteiger partial charge is 0.130 e. The van der Waals surface area contributed by atoms with Crippen LogP contribution in [0.25, 0.3) is 11.3 Å². The van der Waals surface area contributed by atoms with E-state index in [-0.39, 0.29) is 0 Å². The average molecular weight is 213 g/mol. The Balaban J connectivity index is 2.51.